The van der Waals surface area contributed by atoms with Crippen LogP contribution in [0.2, 0.25) is 0 Å². The Balaban J connectivity index is 2.74. The Labute approximate surface area is 85.8 Å². The molecule has 0 saturated heterocycles. The first-order valence-corrected chi connectivity index (χ1v) is 4.76. The average Bonchev–Trinajstić information content (AvgIpc) is 2.17. The van der Waals surface area contributed by atoms with Crippen molar-refractivity contribution in [3.8, 4) is 0 Å². The fourth-order valence-electron chi connectivity index (χ4n) is 1.33. The van der Waals surface area contributed by atoms with E-state index >= 15 is 0 Å². The van der Waals surface area contributed by atoms with Crippen molar-refractivity contribution in [2.75, 3.05) is 0 Å². The van der Waals surface area contributed by atoms with Gasteiger partial charge in [-0.1, -0.05) is 46.3 Å². The van der Waals surface area contributed by atoms with E-state index in [2.05, 4.69) is 15.9 Å². The maximum absolute atomic E-state index is 8.92. The van der Waals surface area contributed by atoms with Crippen LogP contribution in [0.25, 0.3) is 10.8 Å². The molecule has 3 heteroatoms. The first-order chi connectivity index (χ1) is 6.31. The molecule has 1 nitrogen and oxygen atoms in total. The third kappa shape index (κ3) is 1.62. The minimum absolute atomic E-state index is 0.804. The first-order valence-electron chi connectivity index (χ1n) is 3.97. The molecule has 0 saturated carbocycles. The zero-order valence-electron chi connectivity index (χ0n) is 6.87. The molecule has 13 heavy (non-hydrogen) atoms. The Hall–Kier alpha value is -0.795. The van der Waals surface area contributed by atoms with Gasteiger partial charge >= 0.3 is 7.48 Å². The zero-order valence-corrected chi connectivity index (χ0v) is 8.45. The van der Waals surface area contributed by atoms with Gasteiger partial charge in [0.2, 0.25) is 0 Å². The molecular formula is C10H7BBrO. The molecule has 2 aromatic carbocycles. The predicted octanol–water partition coefficient (Wildman–Crippen LogP) is 1.84. The van der Waals surface area contributed by atoms with E-state index in [0.717, 1.165) is 22.8 Å². The van der Waals surface area contributed by atoms with Crippen LogP contribution in [0.4, 0.5) is 0 Å². The lowest BCUT2D eigenvalue weighted by Crippen LogP contribution is -2.14. The van der Waals surface area contributed by atoms with Crippen molar-refractivity contribution < 1.29 is 5.02 Å². The van der Waals surface area contributed by atoms with Crippen LogP contribution in [0, 0.1) is 0 Å². The Morgan fingerprint density at radius 2 is 1.69 bits per heavy atom. The van der Waals surface area contributed by atoms with Crippen LogP contribution in [0.1, 0.15) is 0 Å². The molecule has 0 fully saturated rings. The summed E-state index contributed by atoms with van der Waals surface area (Å²) in [6.07, 6.45) is 0. The van der Waals surface area contributed by atoms with Crippen LogP contribution in [-0.2, 0) is 0 Å². The van der Waals surface area contributed by atoms with Crippen molar-refractivity contribution >= 4 is 39.6 Å². The third-order valence-corrected chi connectivity index (χ3v) is 2.69. The maximum Gasteiger partial charge on any atom is 0.327 e. The second-order valence-electron chi connectivity index (χ2n) is 2.85. The SMILES string of the molecule is O[B]c1cc2ccccc2cc1Br. The van der Waals surface area contributed by atoms with E-state index < -0.39 is 0 Å². The second kappa shape index (κ2) is 3.52. The largest absolute Gasteiger partial charge is 0.450 e. The van der Waals surface area contributed by atoms with Crippen LogP contribution in [0.15, 0.2) is 40.9 Å². The lowest BCUT2D eigenvalue weighted by molar-refractivity contribution is 0.615. The molecule has 63 valence electrons. The topological polar surface area (TPSA) is 20.2 Å². The van der Waals surface area contributed by atoms with Crippen molar-refractivity contribution in [2.45, 2.75) is 0 Å². The summed E-state index contributed by atoms with van der Waals surface area (Å²) < 4.78 is 0.911. The molecule has 1 N–H and O–H groups in total. The molecule has 0 heterocycles. The van der Waals surface area contributed by atoms with Gasteiger partial charge in [-0.3, -0.25) is 0 Å². The van der Waals surface area contributed by atoms with Crippen LogP contribution in [-0.4, -0.2) is 12.5 Å². The highest BCUT2D eigenvalue weighted by Gasteiger charge is 2.01. The summed E-state index contributed by atoms with van der Waals surface area (Å²) in [6.45, 7) is 0. The molecule has 0 aliphatic rings. The summed E-state index contributed by atoms with van der Waals surface area (Å²) in [6, 6.07) is 12.0. The number of fused-ring (bicyclic) bond motifs is 1. The van der Waals surface area contributed by atoms with E-state index in [9.17, 15) is 0 Å². The van der Waals surface area contributed by atoms with Crippen molar-refractivity contribution in [3.05, 3.63) is 40.9 Å². The molecule has 1 radical (unpaired) electrons. The molecule has 0 bridgehead atoms. The average molecular weight is 234 g/mol. The molecule has 0 atom stereocenters. The zero-order chi connectivity index (χ0) is 9.26. The molecule has 2 aromatic rings. The minimum atomic E-state index is 0.804. The predicted molar refractivity (Wildman–Crippen MR) is 59.3 cm³/mol. The van der Waals surface area contributed by atoms with Gasteiger partial charge in [-0.05, 0) is 22.3 Å². The number of hydrogen-bond acceptors (Lipinski definition) is 1. The molecule has 0 aliphatic carbocycles. The Kier molecular flexibility index (Phi) is 2.38. The summed E-state index contributed by atoms with van der Waals surface area (Å²) in [7, 11) is 1.11. The van der Waals surface area contributed by atoms with Gasteiger partial charge in [-0.25, -0.2) is 0 Å². The lowest BCUT2D eigenvalue weighted by Gasteiger charge is -2.02. The quantitative estimate of drug-likeness (QED) is 0.746. The van der Waals surface area contributed by atoms with Gasteiger partial charge in [-0.15, -0.1) is 0 Å². The normalized spacial score (nSPS) is 10.3. The van der Waals surface area contributed by atoms with Gasteiger partial charge in [-0.2, -0.15) is 0 Å². The van der Waals surface area contributed by atoms with Gasteiger partial charge in [0.25, 0.3) is 0 Å². The summed E-state index contributed by atoms with van der Waals surface area (Å²) >= 11 is 3.39. The third-order valence-electron chi connectivity index (χ3n) is 2.00. The number of halogens is 1. The van der Waals surface area contributed by atoms with E-state index in [1.165, 1.54) is 5.39 Å². The highest BCUT2D eigenvalue weighted by Crippen LogP contribution is 2.17. The highest BCUT2D eigenvalue weighted by molar-refractivity contribution is 9.10. The Morgan fingerprint density at radius 3 is 2.31 bits per heavy atom. The smallest absolute Gasteiger partial charge is 0.327 e. The van der Waals surface area contributed by atoms with E-state index in [1.807, 2.05) is 36.4 Å². The van der Waals surface area contributed by atoms with Gasteiger partial charge in [0.1, 0.15) is 0 Å². The highest BCUT2D eigenvalue weighted by atomic mass is 79.9. The number of benzene rings is 2. The van der Waals surface area contributed by atoms with E-state index in [-0.39, 0.29) is 0 Å². The van der Waals surface area contributed by atoms with E-state index in [0.29, 0.717) is 0 Å². The standard InChI is InChI=1S/C10H7BBrO/c12-10-6-8-4-2-1-3-7(8)5-9(10)11-13/h1-6,13H. The fraction of sp³-hybridized carbons (Fsp3) is 0. The van der Waals surface area contributed by atoms with Crippen LogP contribution in [0.3, 0.4) is 0 Å². The van der Waals surface area contributed by atoms with Gasteiger partial charge in [0.15, 0.2) is 0 Å². The van der Waals surface area contributed by atoms with Gasteiger partial charge < -0.3 is 5.02 Å². The first kappa shape index (κ1) is 8.79. The molecular weight excluding hydrogens is 227 g/mol. The van der Waals surface area contributed by atoms with Crippen molar-refractivity contribution in [1.82, 2.24) is 0 Å². The number of rotatable bonds is 1. The molecule has 0 unspecified atom stereocenters. The molecule has 0 amide bonds. The van der Waals surface area contributed by atoms with Crippen LogP contribution in [0.5, 0.6) is 0 Å². The van der Waals surface area contributed by atoms with E-state index in [4.69, 9.17) is 5.02 Å². The minimum Gasteiger partial charge on any atom is -0.450 e. The summed E-state index contributed by atoms with van der Waals surface area (Å²) in [5, 5.41) is 11.2. The Bertz CT molecular complexity index is 442. The molecule has 0 aliphatic heterocycles. The maximum atomic E-state index is 8.92. The monoisotopic (exact) mass is 233 g/mol. The van der Waals surface area contributed by atoms with Crippen molar-refractivity contribution in [3.63, 3.8) is 0 Å². The van der Waals surface area contributed by atoms with E-state index in [1.54, 1.807) is 0 Å². The Morgan fingerprint density at radius 1 is 1.08 bits per heavy atom. The van der Waals surface area contributed by atoms with Gasteiger partial charge in [0, 0.05) is 4.47 Å². The summed E-state index contributed by atoms with van der Waals surface area (Å²) in [4.78, 5) is 0. The van der Waals surface area contributed by atoms with Crippen molar-refractivity contribution in [2.24, 2.45) is 0 Å². The molecule has 2 rings (SSSR count). The number of hydrogen-bond donors (Lipinski definition) is 1. The summed E-state index contributed by atoms with van der Waals surface area (Å²) in [5.74, 6) is 0. The fourth-order valence-corrected chi connectivity index (χ4v) is 1.79. The second-order valence-corrected chi connectivity index (χ2v) is 3.70. The summed E-state index contributed by atoms with van der Waals surface area (Å²) in [5.41, 5.74) is 0.804. The van der Waals surface area contributed by atoms with Crippen molar-refractivity contribution in [1.29, 1.82) is 0 Å². The van der Waals surface area contributed by atoms with Crippen LogP contribution >= 0.6 is 15.9 Å². The molecule has 0 spiro atoms. The lowest BCUT2D eigenvalue weighted by atomic mass is 9.87. The van der Waals surface area contributed by atoms with Gasteiger partial charge in [0.05, 0.1) is 0 Å². The van der Waals surface area contributed by atoms with Crippen LogP contribution < -0.4 is 5.46 Å². The molecule has 0 aromatic heterocycles.